The number of amides is 1. The van der Waals surface area contributed by atoms with Crippen molar-refractivity contribution in [3.63, 3.8) is 0 Å². The lowest BCUT2D eigenvalue weighted by atomic mass is 10.1. The van der Waals surface area contributed by atoms with Crippen LogP contribution in [0.4, 0.5) is 0 Å². The van der Waals surface area contributed by atoms with Gasteiger partial charge in [-0.2, -0.15) is 0 Å². The summed E-state index contributed by atoms with van der Waals surface area (Å²) in [6.07, 6.45) is 1.37. The second-order valence-corrected chi connectivity index (χ2v) is 5.21. The third-order valence-corrected chi connectivity index (χ3v) is 3.55. The van der Waals surface area contributed by atoms with Gasteiger partial charge in [-0.05, 0) is 42.1 Å². The van der Waals surface area contributed by atoms with Crippen molar-refractivity contribution >= 4 is 33.6 Å². The molecule has 0 fully saturated rings. The first kappa shape index (κ1) is 14.4. The number of hydrogen-bond acceptors (Lipinski definition) is 5. The van der Waals surface area contributed by atoms with Crippen LogP contribution in [0.25, 0.3) is 10.2 Å². The molecule has 1 aromatic heterocycles. The van der Waals surface area contributed by atoms with Gasteiger partial charge in [0.25, 0.3) is 0 Å². The van der Waals surface area contributed by atoms with Gasteiger partial charge in [0, 0.05) is 19.4 Å². The molecule has 2 N–H and O–H groups in total. The highest BCUT2D eigenvalue weighted by molar-refractivity contribution is 7.12. The predicted octanol–water partition coefficient (Wildman–Crippen LogP) is 1.60. The van der Waals surface area contributed by atoms with Crippen molar-refractivity contribution in [3.8, 4) is 0 Å². The number of carboxylic acid groups (broad SMARTS) is 1. The minimum absolute atomic E-state index is 0.0287. The summed E-state index contributed by atoms with van der Waals surface area (Å²) in [6, 6.07) is 5.94. The quantitative estimate of drug-likeness (QED) is 0.809. The molecule has 1 aromatic carbocycles. The Morgan fingerprint density at radius 1 is 1.30 bits per heavy atom. The molecule has 0 radical (unpaired) electrons. The number of aliphatic carboxylic acids is 1. The van der Waals surface area contributed by atoms with Gasteiger partial charge in [0.1, 0.15) is 5.52 Å². The molecule has 0 aliphatic rings. The lowest BCUT2D eigenvalue weighted by molar-refractivity contribution is -0.137. The maximum Gasteiger partial charge on any atom is 0.303 e. The Hall–Kier alpha value is -2.02. The summed E-state index contributed by atoms with van der Waals surface area (Å²) in [5.41, 5.74) is 1.97. The van der Waals surface area contributed by atoms with Crippen LogP contribution in [0.2, 0.25) is 0 Å². The first-order chi connectivity index (χ1) is 9.65. The van der Waals surface area contributed by atoms with Crippen molar-refractivity contribution in [2.45, 2.75) is 25.7 Å². The number of rotatable bonds is 7. The van der Waals surface area contributed by atoms with Crippen molar-refractivity contribution in [2.24, 2.45) is 0 Å². The predicted molar refractivity (Wildman–Crippen MR) is 75.6 cm³/mol. The standard InChI is InChI=1S/C13H15N3O3S/c17-12(2-1-3-13(18)19)14-7-6-9-4-5-11-10(8-9)15-16-20-11/h4-5,8H,1-3,6-7H2,(H,14,17)(H,18,19). The van der Waals surface area contributed by atoms with E-state index in [4.69, 9.17) is 5.11 Å². The fraction of sp³-hybridized carbons (Fsp3) is 0.385. The highest BCUT2D eigenvalue weighted by Gasteiger charge is 2.04. The van der Waals surface area contributed by atoms with E-state index in [1.165, 1.54) is 11.5 Å². The van der Waals surface area contributed by atoms with E-state index in [-0.39, 0.29) is 18.7 Å². The van der Waals surface area contributed by atoms with Crippen molar-refractivity contribution in [1.82, 2.24) is 14.9 Å². The smallest absolute Gasteiger partial charge is 0.303 e. The molecule has 1 heterocycles. The minimum Gasteiger partial charge on any atom is -0.481 e. The molecule has 20 heavy (non-hydrogen) atoms. The number of carbonyl (C=O) groups excluding carboxylic acids is 1. The summed E-state index contributed by atoms with van der Waals surface area (Å²) in [4.78, 5) is 21.8. The Kier molecular flexibility index (Phi) is 5.00. The monoisotopic (exact) mass is 293 g/mol. The van der Waals surface area contributed by atoms with Crippen LogP contribution in [0, 0.1) is 0 Å². The Morgan fingerprint density at radius 3 is 2.95 bits per heavy atom. The van der Waals surface area contributed by atoms with Crippen molar-refractivity contribution in [3.05, 3.63) is 23.8 Å². The maximum atomic E-state index is 11.5. The Bertz CT molecular complexity index is 612. The number of nitrogens with zero attached hydrogens (tertiary/aromatic N) is 2. The third-order valence-electron chi connectivity index (χ3n) is 2.84. The molecular weight excluding hydrogens is 278 g/mol. The van der Waals surface area contributed by atoms with Gasteiger partial charge in [-0.15, -0.1) is 5.10 Å². The highest BCUT2D eigenvalue weighted by atomic mass is 32.1. The summed E-state index contributed by atoms with van der Waals surface area (Å²) in [5.74, 6) is -0.981. The number of aromatic nitrogens is 2. The van der Waals surface area contributed by atoms with Crippen LogP contribution in [0.5, 0.6) is 0 Å². The average Bonchev–Trinajstić information content (AvgIpc) is 2.85. The van der Waals surface area contributed by atoms with E-state index in [1.807, 2.05) is 18.2 Å². The van der Waals surface area contributed by atoms with Gasteiger partial charge in [-0.3, -0.25) is 9.59 Å². The minimum atomic E-state index is -0.872. The highest BCUT2D eigenvalue weighted by Crippen LogP contribution is 2.16. The molecular formula is C13H15N3O3S. The molecule has 0 bridgehead atoms. The number of fused-ring (bicyclic) bond motifs is 1. The lowest BCUT2D eigenvalue weighted by Gasteiger charge is -2.04. The molecule has 0 saturated carbocycles. The number of benzene rings is 1. The largest absolute Gasteiger partial charge is 0.481 e. The van der Waals surface area contributed by atoms with Crippen molar-refractivity contribution in [1.29, 1.82) is 0 Å². The van der Waals surface area contributed by atoms with Crippen molar-refractivity contribution < 1.29 is 14.7 Å². The van der Waals surface area contributed by atoms with Crippen LogP contribution in [0.1, 0.15) is 24.8 Å². The van der Waals surface area contributed by atoms with Crippen LogP contribution in [-0.4, -0.2) is 33.1 Å². The van der Waals surface area contributed by atoms with Gasteiger partial charge >= 0.3 is 5.97 Å². The molecule has 0 saturated heterocycles. The van der Waals surface area contributed by atoms with E-state index in [0.717, 1.165) is 22.2 Å². The molecule has 1 amide bonds. The Morgan fingerprint density at radius 2 is 2.15 bits per heavy atom. The molecule has 106 valence electrons. The first-order valence-electron chi connectivity index (χ1n) is 6.34. The second kappa shape index (κ2) is 6.95. The molecule has 2 rings (SSSR count). The Balaban J connectivity index is 1.72. The first-order valence-corrected chi connectivity index (χ1v) is 7.12. The number of carbonyl (C=O) groups is 2. The summed E-state index contributed by atoms with van der Waals surface area (Å²) in [6.45, 7) is 0.537. The molecule has 0 aliphatic heterocycles. The molecule has 0 atom stereocenters. The van der Waals surface area contributed by atoms with Crippen LogP contribution in [-0.2, 0) is 16.0 Å². The zero-order chi connectivity index (χ0) is 14.4. The van der Waals surface area contributed by atoms with E-state index in [0.29, 0.717) is 13.0 Å². The van der Waals surface area contributed by atoms with Crippen LogP contribution in [0.15, 0.2) is 18.2 Å². The van der Waals surface area contributed by atoms with E-state index in [9.17, 15) is 9.59 Å². The van der Waals surface area contributed by atoms with Gasteiger partial charge in [-0.25, -0.2) is 0 Å². The number of carboxylic acids is 1. The van der Waals surface area contributed by atoms with Gasteiger partial charge in [0.2, 0.25) is 5.91 Å². The summed E-state index contributed by atoms with van der Waals surface area (Å²) in [5, 5.41) is 15.3. The van der Waals surface area contributed by atoms with Gasteiger partial charge < -0.3 is 10.4 Å². The van der Waals surface area contributed by atoms with E-state index in [1.54, 1.807) is 0 Å². The van der Waals surface area contributed by atoms with Gasteiger partial charge in [0.15, 0.2) is 0 Å². The summed E-state index contributed by atoms with van der Waals surface area (Å²) in [7, 11) is 0. The molecule has 0 aliphatic carbocycles. The maximum absolute atomic E-state index is 11.5. The second-order valence-electron chi connectivity index (χ2n) is 4.42. The fourth-order valence-electron chi connectivity index (χ4n) is 1.82. The number of nitrogens with one attached hydrogen (secondary N) is 1. The zero-order valence-corrected chi connectivity index (χ0v) is 11.7. The Labute approximate surface area is 120 Å². The molecule has 6 nitrogen and oxygen atoms in total. The molecule has 0 spiro atoms. The van der Waals surface area contributed by atoms with E-state index >= 15 is 0 Å². The van der Waals surface area contributed by atoms with E-state index < -0.39 is 5.97 Å². The van der Waals surface area contributed by atoms with Gasteiger partial charge in [-0.1, -0.05) is 10.6 Å². The molecule has 2 aromatic rings. The third kappa shape index (κ3) is 4.27. The summed E-state index contributed by atoms with van der Waals surface area (Å²) < 4.78 is 4.92. The van der Waals surface area contributed by atoms with Crippen LogP contribution < -0.4 is 5.32 Å². The molecule has 0 unspecified atom stereocenters. The zero-order valence-electron chi connectivity index (χ0n) is 10.8. The number of hydrogen-bond donors (Lipinski definition) is 2. The van der Waals surface area contributed by atoms with Crippen LogP contribution >= 0.6 is 11.5 Å². The van der Waals surface area contributed by atoms with E-state index in [2.05, 4.69) is 14.9 Å². The normalized spacial score (nSPS) is 10.6. The van der Waals surface area contributed by atoms with Gasteiger partial charge in [0.05, 0.1) is 4.70 Å². The van der Waals surface area contributed by atoms with Crippen LogP contribution in [0.3, 0.4) is 0 Å². The molecule has 7 heteroatoms. The SMILES string of the molecule is O=C(O)CCCC(=O)NCCc1ccc2snnc2c1. The lowest BCUT2D eigenvalue weighted by Crippen LogP contribution is -2.25. The average molecular weight is 293 g/mol. The van der Waals surface area contributed by atoms with Crippen molar-refractivity contribution in [2.75, 3.05) is 6.54 Å². The fourth-order valence-corrected chi connectivity index (χ4v) is 2.36. The topological polar surface area (TPSA) is 92.2 Å². The summed E-state index contributed by atoms with van der Waals surface area (Å²) >= 11 is 1.36.